The maximum Gasteiger partial charge on any atom is 0.279 e. The largest absolute Gasteiger partial charge is 0.495 e. The van der Waals surface area contributed by atoms with Crippen molar-refractivity contribution in [3.05, 3.63) is 46.2 Å². The first kappa shape index (κ1) is 15.5. The molecule has 1 amide bonds. The molecule has 0 radical (unpaired) electrons. The molecule has 2 N–H and O–H groups in total. The zero-order valence-electron chi connectivity index (χ0n) is 12.6. The van der Waals surface area contributed by atoms with Gasteiger partial charge in [0.1, 0.15) is 12.3 Å². The lowest BCUT2D eigenvalue weighted by molar-refractivity contribution is -0.884. The maximum atomic E-state index is 12.1. The number of amides is 1. The van der Waals surface area contributed by atoms with Crippen molar-refractivity contribution in [1.82, 2.24) is 0 Å². The molecule has 1 atom stereocenters. The van der Waals surface area contributed by atoms with Crippen LogP contribution in [-0.4, -0.2) is 26.6 Å². The van der Waals surface area contributed by atoms with Crippen LogP contribution in [-0.2, 0) is 11.3 Å². The van der Waals surface area contributed by atoms with Crippen LogP contribution in [0.4, 0.5) is 5.69 Å². The lowest BCUT2D eigenvalue weighted by Gasteiger charge is -2.14. The number of benzene rings is 1. The van der Waals surface area contributed by atoms with E-state index in [9.17, 15) is 4.79 Å². The first-order valence-electron chi connectivity index (χ1n) is 6.86. The normalized spacial score (nSPS) is 12.0. The predicted octanol–water partition coefficient (Wildman–Crippen LogP) is 1.72. The summed E-state index contributed by atoms with van der Waals surface area (Å²) >= 11 is 1.72. The van der Waals surface area contributed by atoms with E-state index in [1.54, 1.807) is 18.4 Å². The third kappa shape index (κ3) is 4.58. The second kappa shape index (κ2) is 7.24. The van der Waals surface area contributed by atoms with Crippen LogP contribution in [0.5, 0.6) is 5.75 Å². The Morgan fingerprint density at radius 3 is 2.86 bits per heavy atom. The Hall–Kier alpha value is -1.85. The van der Waals surface area contributed by atoms with Crippen molar-refractivity contribution in [1.29, 1.82) is 0 Å². The Balaban J connectivity index is 1.93. The number of thiophene rings is 1. The van der Waals surface area contributed by atoms with Crippen molar-refractivity contribution in [3.63, 3.8) is 0 Å². The van der Waals surface area contributed by atoms with E-state index in [2.05, 4.69) is 16.8 Å². The highest BCUT2D eigenvalue weighted by Gasteiger charge is 2.13. The van der Waals surface area contributed by atoms with Crippen molar-refractivity contribution in [2.24, 2.45) is 0 Å². The maximum absolute atomic E-state index is 12.1. The molecular weight excluding hydrogens is 284 g/mol. The zero-order valence-corrected chi connectivity index (χ0v) is 13.4. The second-order valence-electron chi connectivity index (χ2n) is 5.14. The summed E-state index contributed by atoms with van der Waals surface area (Å²) in [7, 11) is 3.63. The number of carbonyl (C=O) groups is 1. The first-order chi connectivity index (χ1) is 10.1. The molecule has 0 bridgehead atoms. The van der Waals surface area contributed by atoms with Crippen molar-refractivity contribution in [2.45, 2.75) is 13.5 Å². The third-order valence-electron chi connectivity index (χ3n) is 3.15. The molecule has 5 heteroatoms. The molecule has 2 rings (SSSR count). The Kier molecular flexibility index (Phi) is 5.36. The van der Waals surface area contributed by atoms with E-state index in [1.807, 2.05) is 38.2 Å². The Morgan fingerprint density at radius 1 is 1.38 bits per heavy atom. The monoisotopic (exact) mass is 305 g/mol. The van der Waals surface area contributed by atoms with Crippen LogP contribution in [0.1, 0.15) is 10.4 Å². The van der Waals surface area contributed by atoms with Gasteiger partial charge in [-0.25, -0.2) is 0 Å². The molecule has 1 unspecified atom stereocenters. The predicted molar refractivity (Wildman–Crippen MR) is 86.1 cm³/mol. The summed E-state index contributed by atoms with van der Waals surface area (Å²) in [6.45, 7) is 3.27. The Labute approximate surface area is 129 Å². The number of aryl methyl sites for hydroxylation is 1. The van der Waals surface area contributed by atoms with Crippen LogP contribution in [0.2, 0.25) is 0 Å². The van der Waals surface area contributed by atoms with Gasteiger partial charge in [0.15, 0.2) is 6.54 Å². The molecule has 0 spiro atoms. The van der Waals surface area contributed by atoms with Crippen molar-refractivity contribution in [2.75, 3.05) is 26.0 Å². The molecule has 2 aromatic rings. The van der Waals surface area contributed by atoms with Crippen molar-refractivity contribution >= 4 is 22.9 Å². The van der Waals surface area contributed by atoms with Crippen molar-refractivity contribution in [3.8, 4) is 5.75 Å². The fraction of sp³-hybridized carbons (Fsp3) is 0.312. The van der Waals surface area contributed by atoms with Crippen LogP contribution in [0.25, 0.3) is 0 Å². The number of anilines is 1. The summed E-state index contributed by atoms with van der Waals surface area (Å²) in [5.41, 5.74) is 1.82. The molecule has 4 nitrogen and oxygen atoms in total. The van der Waals surface area contributed by atoms with Gasteiger partial charge in [-0.15, -0.1) is 11.3 Å². The smallest absolute Gasteiger partial charge is 0.279 e. The number of rotatable bonds is 6. The number of methoxy groups -OCH3 is 1. The highest BCUT2D eigenvalue weighted by Crippen LogP contribution is 2.24. The number of quaternary nitrogens is 1. The molecule has 0 aliphatic carbocycles. The molecule has 0 aliphatic heterocycles. The summed E-state index contributed by atoms with van der Waals surface area (Å²) < 4.78 is 5.27. The molecule has 21 heavy (non-hydrogen) atoms. The molecule has 1 aromatic heterocycles. The quantitative estimate of drug-likeness (QED) is 0.853. The summed E-state index contributed by atoms with van der Waals surface area (Å²) in [4.78, 5) is 14.6. The van der Waals surface area contributed by atoms with Gasteiger partial charge in [-0.1, -0.05) is 12.1 Å². The van der Waals surface area contributed by atoms with Gasteiger partial charge in [0.2, 0.25) is 0 Å². The minimum Gasteiger partial charge on any atom is -0.495 e. The summed E-state index contributed by atoms with van der Waals surface area (Å²) in [6, 6.07) is 9.88. The van der Waals surface area contributed by atoms with Crippen LogP contribution in [0, 0.1) is 6.92 Å². The summed E-state index contributed by atoms with van der Waals surface area (Å²) in [5.74, 6) is 0.679. The molecule has 0 aliphatic rings. The summed E-state index contributed by atoms with van der Waals surface area (Å²) in [6.07, 6.45) is 0. The highest BCUT2D eigenvalue weighted by molar-refractivity contribution is 7.09. The van der Waals surface area contributed by atoms with Gasteiger partial charge < -0.3 is 15.0 Å². The number of nitrogens with one attached hydrogen (secondary N) is 2. The van der Waals surface area contributed by atoms with Crippen molar-refractivity contribution < 1.29 is 14.4 Å². The van der Waals surface area contributed by atoms with Gasteiger partial charge in [0.05, 0.1) is 24.7 Å². The molecule has 0 fully saturated rings. The van der Waals surface area contributed by atoms with Gasteiger partial charge in [-0.3, -0.25) is 4.79 Å². The SMILES string of the molecule is COc1ccc(C)cc1NC(=O)C[NH+](C)Cc1cccs1. The van der Waals surface area contributed by atoms with E-state index in [0.29, 0.717) is 12.3 Å². The summed E-state index contributed by atoms with van der Waals surface area (Å²) in [5, 5.41) is 4.99. The molecule has 1 aromatic carbocycles. The molecule has 1 heterocycles. The first-order valence-corrected chi connectivity index (χ1v) is 7.74. The van der Waals surface area contributed by atoms with Crippen LogP contribution >= 0.6 is 11.3 Å². The van der Waals surface area contributed by atoms with E-state index >= 15 is 0 Å². The van der Waals surface area contributed by atoms with E-state index in [4.69, 9.17) is 4.74 Å². The van der Waals surface area contributed by atoms with Gasteiger partial charge in [0, 0.05) is 0 Å². The molecule has 112 valence electrons. The van der Waals surface area contributed by atoms with E-state index in [0.717, 1.165) is 22.7 Å². The molecule has 0 saturated heterocycles. The standard InChI is InChI=1S/C16H20N2O2S/c1-12-6-7-15(20-3)14(9-12)17-16(19)11-18(2)10-13-5-4-8-21-13/h4-9H,10-11H2,1-3H3,(H,17,19)/p+1. The Bertz CT molecular complexity index is 596. The molecule has 0 saturated carbocycles. The van der Waals surface area contributed by atoms with Gasteiger partial charge in [0.25, 0.3) is 5.91 Å². The van der Waals surface area contributed by atoms with E-state index in [-0.39, 0.29) is 5.91 Å². The van der Waals surface area contributed by atoms with Gasteiger partial charge in [-0.2, -0.15) is 0 Å². The minimum atomic E-state index is -0.00652. The fourth-order valence-electron chi connectivity index (χ4n) is 2.16. The minimum absolute atomic E-state index is 0.00652. The lowest BCUT2D eigenvalue weighted by Crippen LogP contribution is -3.08. The van der Waals surface area contributed by atoms with Gasteiger partial charge >= 0.3 is 0 Å². The zero-order chi connectivity index (χ0) is 15.2. The topological polar surface area (TPSA) is 42.8 Å². The third-order valence-corrected chi connectivity index (χ3v) is 4.02. The Morgan fingerprint density at radius 2 is 2.19 bits per heavy atom. The van der Waals surface area contributed by atoms with E-state index in [1.165, 1.54) is 4.88 Å². The van der Waals surface area contributed by atoms with Crippen LogP contribution in [0.15, 0.2) is 35.7 Å². The average Bonchev–Trinajstić information content (AvgIpc) is 2.91. The second-order valence-corrected chi connectivity index (χ2v) is 6.17. The highest BCUT2D eigenvalue weighted by atomic mass is 32.1. The average molecular weight is 305 g/mol. The lowest BCUT2D eigenvalue weighted by atomic mass is 10.2. The van der Waals surface area contributed by atoms with E-state index < -0.39 is 0 Å². The number of likely N-dealkylation sites (N-methyl/N-ethyl adjacent to an activating group) is 1. The number of hydrogen-bond acceptors (Lipinski definition) is 3. The molecular formula is C16H21N2O2S+. The number of ether oxygens (including phenoxy) is 1. The van der Waals surface area contributed by atoms with Crippen LogP contribution in [0.3, 0.4) is 0 Å². The number of carbonyl (C=O) groups excluding carboxylic acids is 1. The fourth-order valence-corrected chi connectivity index (χ4v) is 2.98. The number of hydrogen-bond donors (Lipinski definition) is 2. The van der Waals surface area contributed by atoms with Crippen LogP contribution < -0.4 is 15.0 Å². The van der Waals surface area contributed by atoms with Gasteiger partial charge in [-0.05, 0) is 36.1 Å².